The molecule has 0 bridgehead atoms. The number of amides is 1. The van der Waals surface area contributed by atoms with E-state index in [1.54, 1.807) is 19.9 Å². The van der Waals surface area contributed by atoms with Crippen LogP contribution in [0.2, 0.25) is 0 Å². The Labute approximate surface area is 162 Å². The van der Waals surface area contributed by atoms with Gasteiger partial charge in [0.2, 0.25) is 0 Å². The van der Waals surface area contributed by atoms with Crippen molar-refractivity contribution in [1.82, 2.24) is 10.3 Å². The molecule has 1 aromatic carbocycles. The highest BCUT2D eigenvalue weighted by Crippen LogP contribution is 2.38. The standard InChI is InChI=1S/C22H24N2O4/c1-13-11-16(8-7-15-12-23-18-6-4-3-5-17(15)18)28-21(26)19(13)20(25)24-14(2)22(27)9-10-22/h3-6,11-12,14,23,27H,7-10H2,1-2H3,(H,24,25). The number of carbonyl (C=O) groups is 1. The summed E-state index contributed by atoms with van der Waals surface area (Å²) in [4.78, 5) is 28.2. The normalized spacial score (nSPS) is 16.1. The van der Waals surface area contributed by atoms with Crippen LogP contribution >= 0.6 is 0 Å². The van der Waals surface area contributed by atoms with Gasteiger partial charge in [-0.05, 0) is 56.4 Å². The number of hydrogen-bond donors (Lipinski definition) is 3. The maximum absolute atomic E-state index is 12.5. The van der Waals surface area contributed by atoms with Crippen molar-refractivity contribution in [3.8, 4) is 0 Å². The lowest BCUT2D eigenvalue weighted by Crippen LogP contribution is -2.44. The fourth-order valence-electron chi connectivity index (χ4n) is 3.63. The van der Waals surface area contributed by atoms with Crippen LogP contribution in [-0.2, 0) is 12.8 Å². The van der Waals surface area contributed by atoms with Crippen LogP contribution in [0.1, 0.15) is 47.0 Å². The Hall–Kier alpha value is -2.86. The van der Waals surface area contributed by atoms with Crippen molar-refractivity contribution < 1.29 is 14.3 Å². The number of benzene rings is 1. The first-order valence-corrected chi connectivity index (χ1v) is 9.59. The minimum absolute atomic E-state index is 0.00643. The van der Waals surface area contributed by atoms with E-state index in [0.717, 1.165) is 22.9 Å². The van der Waals surface area contributed by atoms with Crippen molar-refractivity contribution in [1.29, 1.82) is 0 Å². The lowest BCUT2D eigenvalue weighted by atomic mass is 10.0. The van der Waals surface area contributed by atoms with Crippen LogP contribution in [0.25, 0.3) is 10.9 Å². The molecule has 6 heteroatoms. The molecule has 0 spiro atoms. The summed E-state index contributed by atoms with van der Waals surface area (Å²) in [7, 11) is 0. The Kier molecular flexibility index (Phi) is 4.59. The van der Waals surface area contributed by atoms with Gasteiger partial charge in [0.1, 0.15) is 11.3 Å². The van der Waals surface area contributed by atoms with Crippen molar-refractivity contribution in [3.63, 3.8) is 0 Å². The average molecular weight is 380 g/mol. The second-order valence-corrected chi connectivity index (χ2v) is 7.72. The number of H-pyrrole nitrogens is 1. The van der Waals surface area contributed by atoms with E-state index >= 15 is 0 Å². The lowest BCUT2D eigenvalue weighted by molar-refractivity contribution is 0.0790. The second-order valence-electron chi connectivity index (χ2n) is 7.72. The summed E-state index contributed by atoms with van der Waals surface area (Å²) in [5.74, 6) is 0.0560. The molecule has 1 aliphatic carbocycles. The van der Waals surface area contributed by atoms with Gasteiger partial charge in [-0.15, -0.1) is 0 Å². The highest BCUT2D eigenvalue weighted by molar-refractivity contribution is 5.95. The minimum Gasteiger partial charge on any atom is -0.427 e. The van der Waals surface area contributed by atoms with Crippen molar-refractivity contribution in [2.75, 3.05) is 0 Å². The van der Waals surface area contributed by atoms with Crippen LogP contribution in [-0.4, -0.2) is 27.6 Å². The molecule has 1 amide bonds. The summed E-state index contributed by atoms with van der Waals surface area (Å²) < 4.78 is 5.41. The first-order valence-electron chi connectivity index (χ1n) is 9.59. The van der Waals surface area contributed by atoms with Crippen molar-refractivity contribution in [3.05, 3.63) is 69.4 Å². The summed E-state index contributed by atoms with van der Waals surface area (Å²) >= 11 is 0. The maximum Gasteiger partial charge on any atom is 0.349 e. The molecule has 0 saturated heterocycles. The molecule has 6 nitrogen and oxygen atoms in total. The minimum atomic E-state index is -0.844. The number of nitrogens with one attached hydrogen (secondary N) is 2. The molecule has 28 heavy (non-hydrogen) atoms. The number of aromatic amines is 1. The van der Waals surface area contributed by atoms with Gasteiger partial charge in [-0.25, -0.2) is 4.79 Å². The molecule has 1 fully saturated rings. The third-order valence-corrected chi connectivity index (χ3v) is 5.66. The Morgan fingerprint density at radius 2 is 2.07 bits per heavy atom. The molecule has 2 aromatic heterocycles. The van der Waals surface area contributed by atoms with Crippen LogP contribution in [0.5, 0.6) is 0 Å². The van der Waals surface area contributed by atoms with Crippen LogP contribution in [0.15, 0.2) is 45.7 Å². The number of rotatable bonds is 6. The van der Waals surface area contributed by atoms with Crippen LogP contribution in [0.3, 0.4) is 0 Å². The van der Waals surface area contributed by atoms with Crippen molar-refractivity contribution >= 4 is 16.8 Å². The van der Waals surface area contributed by atoms with E-state index in [2.05, 4.69) is 16.4 Å². The van der Waals surface area contributed by atoms with Gasteiger partial charge < -0.3 is 19.8 Å². The highest BCUT2D eigenvalue weighted by atomic mass is 16.4. The van der Waals surface area contributed by atoms with Gasteiger partial charge >= 0.3 is 5.63 Å². The first-order chi connectivity index (χ1) is 13.4. The zero-order chi connectivity index (χ0) is 19.9. The Morgan fingerprint density at radius 3 is 2.79 bits per heavy atom. The smallest absolute Gasteiger partial charge is 0.349 e. The van der Waals surface area contributed by atoms with Crippen LogP contribution in [0.4, 0.5) is 0 Å². The van der Waals surface area contributed by atoms with Crippen LogP contribution in [0, 0.1) is 6.92 Å². The number of para-hydroxylation sites is 1. The van der Waals surface area contributed by atoms with Gasteiger partial charge in [0, 0.05) is 23.5 Å². The molecule has 1 unspecified atom stereocenters. The molecule has 0 radical (unpaired) electrons. The Balaban J connectivity index is 1.49. The molecule has 1 atom stereocenters. The zero-order valence-electron chi connectivity index (χ0n) is 16.0. The van der Waals surface area contributed by atoms with E-state index in [1.807, 2.05) is 24.4 Å². The number of fused-ring (bicyclic) bond motifs is 1. The van der Waals surface area contributed by atoms with E-state index < -0.39 is 23.2 Å². The summed E-state index contributed by atoms with van der Waals surface area (Å²) in [6, 6.07) is 9.41. The van der Waals surface area contributed by atoms with E-state index in [0.29, 0.717) is 30.6 Å². The molecular weight excluding hydrogens is 356 g/mol. The molecule has 4 rings (SSSR count). The van der Waals surface area contributed by atoms with Gasteiger partial charge in [0.05, 0.1) is 11.6 Å². The topological polar surface area (TPSA) is 95.3 Å². The van der Waals surface area contributed by atoms with Gasteiger partial charge in [-0.3, -0.25) is 4.79 Å². The number of carbonyl (C=O) groups excluding carboxylic acids is 1. The van der Waals surface area contributed by atoms with Gasteiger partial charge in [0.15, 0.2) is 0 Å². The second kappa shape index (κ2) is 6.95. The molecular formula is C22H24N2O4. The van der Waals surface area contributed by atoms with Crippen molar-refractivity contribution in [2.45, 2.75) is 51.2 Å². The molecule has 3 aromatic rings. The first kappa shape index (κ1) is 18.5. The predicted molar refractivity (Wildman–Crippen MR) is 107 cm³/mol. The zero-order valence-corrected chi connectivity index (χ0v) is 16.0. The predicted octanol–water partition coefficient (Wildman–Crippen LogP) is 2.86. The van der Waals surface area contributed by atoms with Gasteiger partial charge in [-0.1, -0.05) is 18.2 Å². The van der Waals surface area contributed by atoms with Crippen LogP contribution < -0.4 is 10.9 Å². The SMILES string of the molecule is Cc1cc(CCc2c[nH]c3ccccc23)oc(=O)c1C(=O)NC(C)C1(O)CC1. The molecule has 0 aliphatic heterocycles. The van der Waals surface area contributed by atoms with Gasteiger partial charge in [0.25, 0.3) is 5.91 Å². The number of aryl methyl sites for hydroxylation is 3. The lowest BCUT2D eigenvalue weighted by Gasteiger charge is -2.19. The average Bonchev–Trinajstić information content (AvgIpc) is 3.27. The van der Waals surface area contributed by atoms with E-state index in [1.165, 1.54) is 0 Å². The quantitative estimate of drug-likeness (QED) is 0.613. The van der Waals surface area contributed by atoms with E-state index in [4.69, 9.17) is 4.42 Å². The Morgan fingerprint density at radius 1 is 1.32 bits per heavy atom. The number of hydrogen-bond acceptors (Lipinski definition) is 4. The third-order valence-electron chi connectivity index (χ3n) is 5.66. The summed E-state index contributed by atoms with van der Waals surface area (Å²) in [5.41, 5.74) is 1.34. The molecule has 146 valence electrons. The monoisotopic (exact) mass is 380 g/mol. The molecule has 1 aliphatic rings. The number of aromatic nitrogens is 1. The molecule has 3 N–H and O–H groups in total. The largest absolute Gasteiger partial charge is 0.427 e. The summed E-state index contributed by atoms with van der Waals surface area (Å²) in [6.45, 7) is 3.48. The maximum atomic E-state index is 12.5. The summed E-state index contributed by atoms with van der Waals surface area (Å²) in [6.07, 6.45) is 4.59. The van der Waals surface area contributed by atoms with Crippen molar-refractivity contribution in [2.24, 2.45) is 0 Å². The fourth-order valence-corrected chi connectivity index (χ4v) is 3.63. The molecule has 1 saturated carbocycles. The summed E-state index contributed by atoms with van der Waals surface area (Å²) in [5, 5.41) is 14.0. The highest BCUT2D eigenvalue weighted by Gasteiger charge is 2.46. The third kappa shape index (κ3) is 3.47. The molecule has 2 heterocycles. The van der Waals surface area contributed by atoms with E-state index in [-0.39, 0.29) is 5.56 Å². The van der Waals surface area contributed by atoms with Gasteiger partial charge in [-0.2, -0.15) is 0 Å². The fraction of sp³-hybridized carbons (Fsp3) is 0.364. The number of aliphatic hydroxyl groups is 1. The van der Waals surface area contributed by atoms with E-state index in [9.17, 15) is 14.7 Å². The Bertz CT molecular complexity index is 1090.